The van der Waals surface area contributed by atoms with Gasteiger partial charge in [-0.15, -0.1) is 0 Å². The number of halogens is 1. The summed E-state index contributed by atoms with van der Waals surface area (Å²) in [6.45, 7) is 1.81. The number of rotatable bonds is 3. The molecule has 0 radical (unpaired) electrons. The summed E-state index contributed by atoms with van der Waals surface area (Å²) in [7, 11) is 0. The predicted molar refractivity (Wildman–Crippen MR) is 75.4 cm³/mol. The van der Waals surface area contributed by atoms with Crippen LogP contribution in [0.3, 0.4) is 0 Å². The SMILES string of the molecule is Cc1cc(Br)c(=O)n(C(C(=O)O)c2ccccc2)c1. The smallest absolute Gasteiger partial charge is 0.331 e. The average molecular weight is 322 g/mol. The number of carbonyl (C=O) groups is 1. The number of benzene rings is 1. The molecule has 0 amide bonds. The summed E-state index contributed by atoms with van der Waals surface area (Å²) in [6.07, 6.45) is 1.55. The maximum absolute atomic E-state index is 12.1. The van der Waals surface area contributed by atoms with Crippen LogP contribution in [-0.4, -0.2) is 15.6 Å². The Morgan fingerprint density at radius 2 is 1.95 bits per heavy atom. The van der Waals surface area contributed by atoms with Crippen molar-refractivity contribution in [3.63, 3.8) is 0 Å². The maximum atomic E-state index is 12.1. The number of carboxylic acids is 1. The zero-order chi connectivity index (χ0) is 14.0. The molecular weight excluding hydrogens is 310 g/mol. The molecular formula is C14H12BrNO3. The molecule has 1 atom stereocenters. The van der Waals surface area contributed by atoms with Crippen molar-refractivity contribution in [2.24, 2.45) is 0 Å². The molecule has 0 aliphatic heterocycles. The molecule has 2 aromatic rings. The maximum Gasteiger partial charge on any atom is 0.331 e. The molecule has 1 N–H and O–H groups in total. The van der Waals surface area contributed by atoms with E-state index in [0.717, 1.165) is 5.56 Å². The summed E-state index contributed by atoms with van der Waals surface area (Å²) in [5, 5.41) is 9.41. The fraction of sp³-hybridized carbons (Fsp3) is 0.143. The molecule has 1 unspecified atom stereocenters. The van der Waals surface area contributed by atoms with E-state index >= 15 is 0 Å². The molecule has 0 aliphatic rings. The zero-order valence-corrected chi connectivity index (χ0v) is 11.8. The number of nitrogens with zero attached hydrogens (tertiary/aromatic N) is 1. The van der Waals surface area contributed by atoms with Gasteiger partial charge < -0.3 is 5.11 Å². The van der Waals surface area contributed by atoms with Gasteiger partial charge in [-0.3, -0.25) is 9.36 Å². The molecule has 0 spiro atoms. The zero-order valence-electron chi connectivity index (χ0n) is 10.2. The molecule has 0 saturated heterocycles. The van der Waals surface area contributed by atoms with Gasteiger partial charge in [0.2, 0.25) is 0 Å². The first kappa shape index (κ1) is 13.5. The highest BCUT2D eigenvalue weighted by atomic mass is 79.9. The van der Waals surface area contributed by atoms with Gasteiger partial charge in [0, 0.05) is 6.20 Å². The summed E-state index contributed by atoms with van der Waals surface area (Å²) in [5.74, 6) is -1.06. The number of aromatic nitrogens is 1. The molecule has 1 aromatic heterocycles. The van der Waals surface area contributed by atoms with Crippen LogP contribution >= 0.6 is 15.9 Å². The molecule has 4 nitrogen and oxygen atoms in total. The number of aliphatic carboxylic acids is 1. The number of pyridine rings is 1. The summed E-state index contributed by atoms with van der Waals surface area (Å²) in [6, 6.07) is 9.34. The van der Waals surface area contributed by atoms with Crippen LogP contribution in [0.1, 0.15) is 17.2 Å². The van der Waals surface area contributed by atoms with Crippen LogP contribution in [0.15, 0.2) is 51.9 Å². The Labute approximate surface area is 118 Å². The minimum atomic E-state index is -1.06. The first-order valence-electron chi connectivity index (χ1n) is 5.66. The van der Waals surface area contributed by atoms with Crippen LogP contribution in [0.4, 0.5) is 0 Å². The van der Waals surface area contributed by atoms with Crippen molar-refractivity contribution in [1.29, 1.82) is 0 Å². The van der Waals surface area contributed by atoms with E-state index in [9.17, 15) is 14.7 Å². The van der Waals surface area contributed by atoms with Gasteiger partial charge in [-0.05, 0) is 40.0 Å². The second-order valence-corrected chi connectivity index (χ2v) is 5.08. The van der Waals surface area contributed by atoms with Crippen molar-refractivity contribution in [1.82, 2.24) is 4.57 Å². The van der Waals surface area contributed by atoms with Gasteiger partial charge in [0.05, 0.1) is 4.47 Å². The normalized spacial score (nSPS) is 12.1. The first-order chi connectivity index (χ1) is 9.00. The Balaban J connectivity index is 2.65. The fourth-order valence-electron chi connectivity index (χ4n) is 1.95. The van der Waals surface area contributed by atoms with E-state index in [4.69, 9.17) is 0 Å². The van der Waals surface area contributed by atoms with E-state index in [1.54, 1.807) is 42.6 Å². The third kappa shape index (κ3) is 2.76. The minimum Gasteiger partial charge on any atom is -0.479 e. The Morgan fingerprint density at radius 1 is 1.32 bits per heavy atom. The minimum absolute atomic E-state index is 0.356. The second-order valence-electron chi connectivity index (χ2n) is 4.23. The Bertz CT molecular complexity index is 664. The van der Waals surface area contributed by atoms with E-state index < -0.39 is 12.0 Å². The van der Waals surface area contributed by atoms with Crippen molar-refractivity contribution >= 4 is 21.9 Å². The lowest BCUT2D eigenvalue weighted by molar-refractivity contribution is -0.139. The third-order valence-electron chi connectivity index (χ3n) is 2.76. The van der Waals surface area contributed by atoms with Crippen LogP contribution in [0, 0.1) is 6.92 Å². The Morgan fingerprint density at radius 3 is 2.53 bits per heavy atom. The van der Waals surface area contributed by atoms with E-state index in [1.165, 1.54) is 4.57 Å². The van der Waals surface area contributed by atoms with Gasteiger partial charge in [-0.2, -0.15) is 0 Å². The number of hydrogen-bond donors (Lipinski definition) is 1. The molecule has 0 saturated carbocycles. The van der Waals surface area contributed by atoms with Crippen molar-refractivity contribution < 1.29 is 9.90 Å². The van der Waals surface area contributed by atoms with Gasteiger partial charge in [0.15, 0.2) is 6.04 Å². The van der Waals surface area contributed by atoms with Gasteiger partial charge in [-0.1, -0.05) is 30.3 Å². The highest BCUT2D eigenvalue weighted by Crippen LogP contribution is 2.18. The third-order valence-corrected chi connectivity index (χ3v) is 3.33. The lowest BCUT2D eigenvalue weighted by Crippen LogP contribution is -2.30. The number of aryl methyl sites for hydroxylation is 1. The van der Waals surface area contributed by atoms with E-state index in [2.05, 4.69) is 15.9 Å². The van der Waals surface area contributed by atoms with Gasteiger partial charge in [-0.25, -0.2) is 4.79 Å². The van der Waals surface area contributed by atoms with E-state index in [1.807, 2.05) is 6.92 Å². The van der Waals surface area contributed by atoms with E-state index in [-0.39, 0.29) is 5.56 Å². The largest absolute Gasteiger partial charge is 0.479 e. The molecule has 1 aromatic carbocycles. The van der Waals surface area contributed by atoms with Crippen LogP contribution in [0.5, 0.6) is 0 Å². The standard InChI is InChI=1S/C14H12BrNO3/c1-9-7-11(15)13(17)16(8-9)12(14(18)19)10-5-3-2-4-6-10/h2-8,12H,1H3,(H,18,19). The highest BCUT2D eigenvalue weighted by molar-refractivity contribution is 9.10. The molecule has 98 valence electrons. The predicted octanol–water partition coefficient (Wildman–Crippen LogP) is 2.59. The summed E-state index contributed by atoms with van der Waals surface area (Å²) >= 11 is 3.16. The number of hydrogen-bond acceptors (Lipinski definition) is 2. The summed E-state index contributed by atoms with van der Waals surface area (Å²) in [5.41, 5.74) is 1.02. The van der Waals surface area contributed by atoms with Crippen LogP contribution < -0.4 is 5.56 Å². The van der Waals surface area contributed by atoms with Crippen molar-refractivity contribution in [3.8, 4) is 0 Å². The van der Waals surface area contributed by atoms with Crippen LogP contribution in [-0.2, 0) is 4.79 Å². The monoisotopic (exact) mass is 321 g/mol. The summed E-state index contributed by atoms with van der Waals surface area (Å²) in [4.78, 5) is 23.6. The van der Waals surface area contributed by atoms with Gasteiger partial charge in [0.25, 0.3) is 5.56 Å². The van der Waals surface area contributed by atoms with Crippen molar-refractivity contribution in [2.45, 2.75) is 13.0 Å². The Kier molecular flexibility index (Phi) is 3.85. The van der Waals surface area contributed by atoms with Crippen LogP contribution in [0.25, 0.3) is 0 Å². The molecule has 2 rings (SSSR count). The van der Waals surface area contributed by atoms with Crippen LogP contribution in [0.2, 0.25) is 0 Å². The lowest BCUT2D eigenvalue weighted by atomic mass is 10.1. The van der Waals surface area contributed by atoms with Crippen molar-refractivity contribution in [2.75, 3.05) is 0 Å². The molecule has 19 heavy (non-hydrogen) atoms. The molecule has 0 fully saturated rings. The highest BCUT2D eigenvalue weighted by Gasteiger charge is 2.23. The Hall–Kier alpha value is -1.88. The van der Waals surface area contributed by atoms with E-state index in [0.29, 0.717) is 10.0 Å². The first-order valence-corrected chi connectivity index (χ1v) is 6.46. The lowest BCUT2D eigenvalue weighted by Gasteiger charge is -2.17. The van der Waals surface area contributed by atoms with Gasteiger partial charge in [0.1, 0.15) is 0 Å². The topological polar surface area (TPSA) is 59.3 Å². The van der Waals surface area contributed by atoms with Crippen molar-refractivity contribution in [3.05, 3.63) is 68.5 Å². The molecule has 5 heteroatoms. The van der Waals surface area contributed by atoms with Gasteiger partial charge >= 0.3 is 5.97 Å². The second kappa shape index (κ2) is 5.40. The summed E-state index contributed by atoms with van der Waals surface area (Å²) < 4.78 is 1.59. The number of carboxylic acid groups (broad SMARTS) is 1. The molecule has 0 bridgehead atoms. The molecule has 1 heterocycles. The average Bonchev–Trinajstić information content (AvgIpc) is 2.36. The quantitative estimate of drug-likeness (QED) is 0.945. The fourth-order valence-corrected chi connectivity index (χ4v) is 2.52. The molecule has 0 aliphatic carbocycles.